The summed E-state index contributed by atoms with van der Waals surface area (Å²) in [5, 5.41) is 19.0. The van der Waals surface area contributed by atoms with Crippen LogP contribution in [0.2, 0.25) is 0 Å². The number of hydrogen-bond donors (Lipinski definition) is 1. The zero-order valence-electron chi connectivity index (χ0n) is 6.57. The molecular weight excluding hydrogens is 187 g/mol. The SMILES string of the molecule is O.O=C([O-])c1ccccc1O.[K+]. The Balaban J connectivity index is 0. The van der Waals surface area contributed by atoms with E-state index in [0.29, 0.717) is 0 Å². The van der Waals surface area contributed by atoms with Gasteiger partial charge >= 0.3 is 51.4 Å². The topological polar surface area (TPSA) is 91.9 Å². The van der Waals surface area contributed by atoms with Gasteiger partial charge in [-0.25, -0.2) is 0 Å². The number of aromatic hydroxyl groups is 1. The molecule has 1 aromatic carbocycles. The first-order chi connectivity index (χ1) is 4.72. The fourth-order valence-corrected chi connectivity index (χ4v) is 0.646. The molecule has 0 unspecified atom stereocenters. The van der Waals surface area contributed by atoms with Gasteiger partial charge in [0.1, 0.15) is 5.75 Å². The molecule has 0 amide bonds. The maximum absolute atomic E-state index is 10.2. The van der Waals surface area contributed by atoms with Crippen LogP contribution in [-0.4, -0.2) is 16.6 Å². The summed E-state index contributed by atoms with van der Waals surface area (Å²) in [4.78, 5) is 10.2. The van der Waals surface area contributed by atoms with Crippen molar-refractivity contribution < 1.29 is 71.9 Å². The molecule has 0 spiro atoms. The van der Waals surface area contributed by atoms with Gasteiger partial charge in [0.25, 0.3) is 0 Å². The number of para-hydroxylation sites is 1. The molecule has 1 rings (SSSR count). The Hall–Kier alpha value is 0.0864. The first kappa shape index (κ1) is 14.6. The van der Waals surface area contributed by atoms with Gasteiger partial charge in [0.15, 0.2) is 0 Å². The number of carboxylic acids is 1. The first-order valence-corrected chi connectivity index (χ1v) is 2.71. The van der Waals surface area contributed by atoms with Crippen LogP contribution in [0.25, 0.3) is 0 Å². The number of carbonyl (C=O) groups excluding carboxylic acids is 1. The average Bonchev–Trinajstić information content (AvgIpc) is 1.88. The van der Waals surface area contributed by atoms with E-state index in [0.717, 1.165) is 0 Å². The Kier molecular flexibility index (Phi) is 8.01. The predicted octanol–water partition coefficient (Wildman–Crippen LogP) is -4.06. The average molecular weight is 194 g/mol. The minimum Gasteiger partial charge on any atom is -0.545 e. The second-order valence-corrected chi connectivity index (χ2v) is 1.80. The van der Waals surface area contributed by atoms with Gasteiger partial charge < -0.3 is 20.5 Å². The van der Waals surface area contributed by atoms with E-state index < -0.39 is 5.97 Å². The van der Waals surface area contributed by atoms with Crippen molar-refractivity contribution in [3.8, 4) is 5.75 Å². The first-order valence-electron chi connectivity index (χ1n) is 2.71. The number of aromatic carboxylic acids is 1. The molecule has 0 atom stereocenters. The van der Waals surface area contributed by atoms with Gasteiger partial charge in [-0.05, 0) is 12.1 Å². The molecule has 4 nitrogen and oxygen atoms in total. The van der Waals surface area contributed by atoms with E-state index in [-0.39, 0.29) is 68.2 Å². The van der Waals surface area contributed by atoms with Gasteiger partial charge in [-0.1, -0.05) is 12.1 Å². The molecular formula is C7H7KO4. The molecule has 0 saturated carbocycles. The molecule has 0 radical (unpaired) electrons. The Morgan fingerprint density at radius 3 is 2.17 bits per heavy atom. The van der Waals surface area contributed by atoms with Crippen LogP contribution in [0.5, 0.6) is 5.75 Å². The van der Waals surface area contributed by atoms with Gasteiger partial charge in [0.2, 0.25) is 0 Å². The number of hydrogen-bond acceptors (Lipinski definition) is 3. The summed E-state index contributed by atoms with van der Waals surface area (Å²) in [7, 11) is 0. The molecule has 0 heterocycles. The molecule has 0 bridgehead atoms. The summed E-state index contributed by atoms with van der Waals surface area (Å²) in [5.41, 5.74) is -0.178. The molecule has 0 aliphatic carbocycles. The van der Waals surface area contributed by atoms with Gasteiger partial charge in [-0.2, -0.15) is 0 Å². The second kappa shape index (κ2) is 6.59. The summed E-state index contributed by atoms with van der Waals surface area (Å²) in [6.07, 6.45) is 0. The van der Waals surface area contributed by atoms with Gasteiger partial charge in [-0.3, -0.25) is 0 Å². The third-order valence-electron chi connectivity index (χ3n) is 1.12. The van der Waals surface area contributed by atoms with Crippen molar-refractivity contribution >= 4 is 5.97 Å². The largest absolute Gasteiger partial charge is 1.00 e. The monoisotopic (exact) mass is 194 g/mol. The number of carbonyl (C=O) groups is 1. The number of phenols is 1. The summed E-state index contributed by atoms with van der Waals surface area (Å²) in [5.74, 6) is -1.62. The standard InChI is InChI=1S/C7H6O3.K.H2O/c8-6-4-2-1-3-5(6)7(9)10;;/h1-4,8H,(H,9,10);;1H2/q;+1;/p-1. The molecule has 3 N–H and O–H groups in total. The zero-order valence-corrected chi connectivity index (χ0v) is 9.70. The van der Waals surface area contributed by atoms with Crippen LogP contribution in [0.1, 0.15) is 10.4 Å². The van der Waals surface area contributed by atoms with Crippen LogP contribution in [0.3, 0.4) is 0 Å². The maximum atomic E-state index is 10.2. The van der Waals surface area contributed by atoms with Crippen molar-refractivity contribution in [1.29, 1.82) is 0 Å². The molecule has 12 heavy (non-hydrogen) atoms. The van der Waals surface area contributed by atoms with E-state index in [1.165, 1.54) is 18.2 Å². The van der Waals surface area contributed by atoms with Gasteiger partial charge in [0.05, 0.1) is 5.97 Å². The normalized spacial score (nSPS) is 7.67. The van der Waals surface area contributed by atoms with E-state index >= 15 is 0 Å². The van der Waals surface area contributed by atoms with Crippen LogP contribution in [-0.2, 0) is 0 Å². The molecule has 60 valence electrons. The Morgan fingerprint density at radius 2 is 1.83 bits per heavy atom. The number of benzene rings is 1. The summed E-state index contributed by atoms with van der Waals surface area (Å²) >= 11 is 0. The number of carboxylic acid groups (broad SMARTS) is 1. The van der Waals surface area contributed by atoms with E-state index in [9.17, 15) is 9.90 Å². The quantitative estimate of drug-likeness (QED) is 0.461. The molecule has 0 aromatic heterocycles. The van der Waals surface area contributed by atoms with Crippen molar-refractivity contribution in [1.82, 2.24) is 0 Å². The fraction of sp³-hybridized carbons (Fsp3) is 0. The Morgan fingerprint density at radius 1 is 1.33 bits per heavy atom. The van der Waals surface area contributed by atoms with Crippen molar-refractivity contribution in [2.24, 2.45) is 0 Å². The van der Waals surface area contributed by atoms with Crippen molar-refractivity contribution in [2.75, 3.05) is 0 Å². The molecule has 5 heteroatoms. The second-order valence-electron chi connectivity index (χ2n) is 1.80. The van der Waals surface area contributed by atoms with Gasteiger partial charge in [-0.15, -0.1) is 0 Å². The molecule has 0 aliphatic heterocycles. The summed E-state index contributed by atoms with van der Waals surface area (Å²) < 4.78 is 0. The minimum atomic E-state index is -1.36. The van der Waals surface area contributed by atoms with Crippen LogP contribution in [0.15, 0.2) is 24.3 Å². The van der Waals surface area contributed by atoms with Crippen molar-refractivity contribution in [3.05, 3.63) is 29.8 Å². The fourth-order valence-electron chi connectivity index (χ4n) is 0.646. The van der Waals surface area contributed by atoms with E-state index in [2.05, 4.69) is 0 Å². The summed E-state index contributed by atoms with van der Waals surface area (Å²) in [6.45, 7) is 0. The van der Waals surface area contributed by atoms with Crippen molar-refractivity contribution in [3.63, 3.8) is 0 Å². The minimum absolute atomic E-state index is 0. The van der Waals surface area contributed by atoms with E-state index in [1.54, 1.807) is 6.07 Å². The Bertz CT molecular complexity index is 261. The molecule has 0 fully saturated rings. The maximum Gasteiger partial charge on any atom is 1.00 e. The number of rotatable bonds is 1. The molecule has 0 aliphatic rings. The van der Waals surface area contributed by atoms with Crippen LogP contribution in [0.4, 0.5) is 0 Å². The molecule has 0 saturated heterocycles. The zero-order chi connectivity index (χ0) is 7.56. The Labute approximate surface area is 112 Å². The third kappa shape index (κ3) is 3.66. The molecule has 1 aromatic rings. The van der Waals surface area contributed by atoms with E-state index in [4.69, 9.17) is 5.11 Å². The van der Waals surface area contributed by atoms with Crippen molar-refractivity contribution in [2.45, 2.75) is 0 Å². The van der Waals surface area contributed by atoms with Gasteiger partial charge in [0, 0.05) is 5.56 Å². The summed E-state index contributed by atoms with van der Waals surface area (Å²) in [6, 6.07) is 5.64. The van der Waals surface area contributed by atoms with E-state index in [1.807, 2.05) is 0 Å². The van der Waals surface area contributed by atoms with Crippen LogP contribution >= 0.6 is 0 Å². The predicted molar refractivity (Wildman–Crippen MR) is 36.1 cm³/mol. The van der Waals surface area contributed by atoms with Crippen LogP contribution in [0, 0.1) is 0 Å². The van der Waals surface area contributed by atoms with Crippen LogP contribution < -0.4 is 56.5 Å². The third-order valence-corrected chi connectivity index (χ3v) is 1.12. The smallest absolute Gasteiger partial charge is 0.545 e.